The second kappa shape index (κ2) is 15.2. The summed E-state index contributed by atoms with van der Waals surface area (Å²) in [4.78, 5) is 51.9. The van der Waals surface area contributed by atoms with Gasteiger partial charge in [0.25, 0.3) is 0 Å². The lowest BCUT2D eigenvalue weighted by Gasteiger charge is -2.33. The molecule has 0 radical (unpaired) electrons. The first-order valence-electron chi connectivity index (χ1n) is 12.7. The standard InChI is InChI=1S/C27H39ClO10S/c1-17(2)15-36-24(30)22(25(31)37-16-18(3)4)14-27(13-12-23(29)35-7,26(32)38-19(5)6)39(33,34)21-10-8-20(28)9-11-21/h8-11,17-19,22H,12-16H2,1-7H3. The molecule has 0 N–H and O–H groups in total. The van der Waals surface area contributed by atoms with E-state index >= 15 is 0 Å². The highest BCUT2D eigenvalue weighted by molar-refractivity contribution is 7.93. The van der Waals surface area contributed by atoms with Crippen molar-refractivity contribution >= 4 is 45.3 Å². The van der Waals surface area contributed by atoms with E-state index in [1.807, 2.05) is 0 Å². The van der Waals surface area contributed by atoms with Gasteiger partial charge in [-0.2, -0.15) is 0 Å². The predicted molar refractivity (Wildman–Crippen MR) is 144 cm³/mol. The lowest BCUT2D eigenvalue weighted by molar-refractivity contribution is -0.165. The fourth-order valence-electron chi connectivity index (χ4n) is 3.50. The summed E-state index contributed by atoms with van der Waals surface area (Å²) in [7, 11) is -3.60. The van der Waals surface area contributed by atoms with Crippen LogP contribution in [0.15, 0.2) is 29.2 Å². The van der Waals surface area contributed by atoms with Crippen molar-refractivity contribution in [2.75, 3.05) is 20.3 Å². The summed E-state index contributed by atoms with van der Waals surface area (Å²) in [6.45, 7) is 10.1. The number of rotatable bonds is 15. The Labute approximate surface area is 235 Å². The molecule has 0 aromatic heterocycles. The Morgan fingerprint density at radius 2 is 1.36 bits per heavy atom. The molecule has 0 aliphatic rings. The monoisotopic (exact) mass is 590 g/mol. The van der Waals surface area contributed by atoms with E-state index in [-0.39, 0.29) is 35.0 Å². The van der Waals surface area contributed by atoms with E-state index in [2.05, 4.69) is 4.74 Å². The SMILES string of the molecule is COC(=O)CCC(CC(C(=O)OCC(C)C)C(=O)OCC(C)C)(C(=O)OC(C)C)S(=O)(=O)c1ccc(Cl)cc1. The van der Waals surface area contributed by atoms with Crippen LogP contribution >= 0.6 is 11.6 Å². The summed E-state index contributed by atoms with van der Waals surface area (Å²) < 4.78 is 46.5. The molecule has 0 aliphatic carbocycles. The molecule has 1 aromatic carbocycles. The number of ether oxygens (including phenoxy) is 4. The number of hydrogen-bond donors (Lipinski definition) is 0. The third-order valence-electron chi connectivity index (χ3n) is 5.53. The number of benzene rings is 1. The molecule has 0 heterocycles. The largest absolute Gasteiger partial charge is 0.469 e. The molecule has 0 saturated heterocycles. The Morgan fingerprint density at radius 1 is 0.872 bits per heavy atom. The number of methoxy groups -OCH3 is 1. The van der Waals surface area contributed by atoms with Gasteiger partial charge in [0.1, 0.15) is 0 Å². The maximum absolute atomic E-state index is 14.2. The van der Waals surface area contributed by atoms with Gasteiger partial charge in [-0.25, -0.2) is 8.42 Å². The number of halogens is 1. The molecule has 1 unspecified atom stereocenters. The fraction of sp³-hybridized carbons (Fsp3) is 0.630. The second-order valence-corrected chi connectivity index (χ2v) is 13.0. The van der Waals surface area contributed by atoms with Gasteiger partial charge in [-0.3, -0.25) is 19.2 Å². The van der Waals surface area contributed by atoms with Crippen LogP contribution in [0.2, 0.25) is 5.02 Å². The lowest BCUT2D eigenvalue weighted by atomic mass is 9.89. The highest BCUT2D eigenvalue weighted by atomic mass is 35.5. The van der Waals surface area contributed by atoms with E-state index < -0.39 is 69.7 Å². The van der Waals surface area contributed by atoms with Crippen molar-refractivity contribution in [1.82, 2.24) is 0 Å². The molecule has 0 spiro atoms. The average Bonchev–Trinajstić information content (AvgIpc) is 2.85. The summed E-state index contributed by atoms with van der Waals surface area (Å²) in [5, 5.41) is 0.242. The first-order valence-corrected chi connectivity index (χ1v) is 14.5. The van der Waals surface area contributed by atoms with E-state index in [0.29, 0.717) is 0 Å². The van der Waals surface area contributed by atoms with Gasteiger partial charge in [-0.05, 0) is 56.4 Å². The van der Waals surface area contributed by atoms with Gasteiger partial charge < -0.3 is 18.9 Å². The fourth-order valence-corrected chi connectivity index (χ4v) is 5.60. The lowest BCUT2D eigenvalue weighted by Crippen LogP contribution is -2.52. The molecular formula is C27H39ClO10S. The zero-order valence-corrected chi connectivity index (χ0v) is 25.1. The van der Waals surface area contributed by atoms with E-state index in [1.165, 1.54) is 38.1 Å². The molecule has 0 fully saturated rings. The number of sulfone groups is 1. The first kappa shape index (κ1) is 34.4. The quantitative estimate of drug-likeness (QED) is 0.166. The number of carbonyl (C=O) groups is 4. The van der Waals surface area contributed by atoms with Gasteiger partial charge in [0.05, 0.1) is 31.3 Å². The van der Waals surface area contributed by atoms with Crippen LogP contribution in [0.5, 0.6) is 0 Å². The molecular weight excluding hydrogens is 552 g/mol. The van der Waals surface area contributed by atoms with Crippen LogP contribution in [0.25, 0.3) is 0 Å². The Bertz CT molecular complexity index is 1070. The zero-order chi connectivity index (χ0) is 30.0. The minimum absolute atomic E-state index is 0.0532. The van der Waals surface area contributed by atoms with E-state index in [1.54, 1.807) is 27.7 Å². The van der Waals surface area contributed by atoms with E-state index in [9.17, 15) is 27.6 Å². The van der Waals surface area contributed by atoms with Gasteiger partial charge in [0, 0.05) is 17.9 Å². The van der Waals surface area contributed by atoms with Crippen molar-refractivity contribution in [2.24, 2.45) is 17.8 Å². The van der Waals surface area contributed by atoms with Gasteiger partial charge in [0.2, 0.25) is 0 Å². The van der Waals surface area contributed by atoms with Crippen molar-refractivity contribution in [3.63, 3.8) is 0 Å². The smallest absolute Gasteiger partial charge is 0.328 e. The maximum Gasteiger partial charge on any atom is 0.328 e. The van der Waals surface area contributed by atoms with E-state index in [4.69, 9.17) is 25.8 Å². The highest BCUT2D eigenvalue weighted by Gasteiger charge is 2.56. The molecule has 220 valence electrons. The van der Waals surface area contributed by atoms with Gasteiger partial charge >= 0.3 is 23.9 Å². The Hall–Kier alpha value is -2.66. The molecule has 10 nitrogen and oxygen atoms in total. The molecule has 0 amide bonds. The van der Waals surface area contributed by atoms with Gasteiger partial charge in [-0.15, -0.1) is 0 Å². The third-order valence-corrected chi connectivity index (χ3v) is 8.25. The van der Waals surface area contributed by atoms with Crippen molar-refractivity contribution < 1.29 is 46.5 Å². The van der Waals surface area contributed by atoms with Crippen LogP contribution in [-0.2, 0) is 48.0 Å². The number of carbonyl (C=O) groups excluding carboxylic acids is 4. The average molecular weight is 591 g/mol. The predicted octanol–water partition coefficient (Wildman–Crippen LogP) is 4.16. The summed E-state index contributed by atoms with van der Waals surface area (Å²) in [6.07, 6.45) is -2.80. The molecule has 39 heavy (non-hydrogen) atoms. The summed E-state index contributed by atoms with van der Waals surface area (Å²) in [5.74, 6) is -6.11. The van der Waals surface area contributed by atoms with Crippen molar-refractivity contribution in [3.05, 3.63) is 29.3 Å². The minimum atomic E-state index is -4.71. The Balaban J connectivity index is 3.85. The van der Waals surface area contributed by atoms with Crippen LogP contribution in [0, 0.1) is 17.8 Å². The molecule has 1 atom stereocenters. The van der Waals surface area contributed by atoms with Crippen molar-refractivity contribution in [3.8, 4) is 0 Å². The Morgan fingerprint density at radius 3 is 1.77 bits per heavy atom. The summed E-state index contributed by atoms with van der Waals surface area (Å²) >= 11 is 5.95. The topological polar surface area (TPSA) is 139 Å². The van der Waals surface area contributed by atoms with Crippen LogP contribution in [0.3, 0.4) is 0 Å². The molecule has 0 aliphatic heterocycles. The summed E-state index contributed by atoms with van der Waals surface area (Å²) in [5.41, 5.74) is 0. The maximum atomic E-state index is 14.2. The van der Waals surface area contributed by atoms with Crippen LogP contribution in [0.1, 0.15) is 60.8 Å². The zero-order valence-electron chi connectivity index (χ0n) is 23.5. The van der Waals surface area contributed by atoms with Crippen LogP contribution < -0.4 is 0 Å². The van der Waals surface area contributed by atoms with Crippen molar-refractivity contribution in [1.29, 1.82) is 0 Å². The molecule has 0 saturated carbocycles. The van der Waals surface area contributed by atoms with Crippen LogP contribution in [0.4, 0.5) is 0 Å². The second-order valence-electron chi connectivity index (χ2n) is 10.3. The molecule has 0 bridgehead atoms. The Kier molecular flexibility index (Phi) is 13.4. The molecule has 12 heteroatoms. The summed E-state index contributed by atoms with van der Waals surface area (Å²) in [6, 6.07) is 5.02. The molecule has 1 rings (SSSR count). The normalized spacial score (nSPS) is 13.3. The third kappa shape index (κ3) is 9.79. The minimum Gasteiger partial charge on any atom is -0.469 e. The van der Waals surface area contributed by atoms with Crippen LogP contribution in [-0.4, -0.2) is 63.5 Å². The highest BCUT2D eigenvalue weighted by Crippen LogP contribution is 2.39. The van der Waals surface area contributed by atoms with Crippen molar-refractivity contribution in [2.45, 2.75) is 76.6 Å². The van der Waals surface area contributed by atoms with Gasteiger partial charge in [-0.1, -0.05) is 39.3 Å². The molecule has 1 aromatic rings. The van der Waals surface area contributed by atoms with E-state index in [0.717, 1.165) is 7.11 Å². The number of hydrogen-bond acceptors (Lipinski definition) is 10. The van der Waals surface area contributed by atoms with Gasteiger partial charge in [0.15, 0.2) is 20.5 Å². The first-order chi connectivity index (χ1) is 18.1. The number of esters is 4.